The van der Waals surface area contributed by atoms with E-state index in [9.17, 15) is 4.39 Å². The van der Waals surface area contributed by atoms with Crippen molar-refractivity contribution in [2.45, 2.75) is 18.8 Å². The third-order valence-electron chi connectivity index (χ3n) is 3.74. The Morgan fingerprint density at radius 2 is 1.78 bits per heavy atom. The molecule has 2 rings (SSSR count). The Bertz CT molecular complexity index is 613. The molecular weight excluding hydrogens is 299 g/mol. The van der Waals surface area contributed by atoms with E-state index in [0.29, 0.717) is 6.61 Å². The number of nitrogens with two attached hydrogens (primary N) is 1. The molecule has 0 aliphatic carbocycles. The van der Waals surface area contributed by atoms with E-state index in [1.807, 2.05) is 36.4 Å². The fourth-order valence-corrected chi connectivity index (χ4v) is 2.63. The van der Waals surface area contributed by atoms with Gasteiger partial charge in [-0.1, -0.05) is 24.3 Å². The molecule has 0 saturated carbocycles. The van der Waals surface area contributed by atoms with E-state index in [1.54, 1.807) is 19.0 Å². The van der Waals surface area contributed by atoms with Gasteiger partial charge in [-0.15, -0.1) is 0 Å². The molecule has 2 unspecified atom stereocenters. The van der Waals surface area contributed by atoms with Crippen molar-refractivity contribution in [2.24, 2.45) is 5.73 Å². The second kappa shape index (κ2) is 8.10. The van der Waals surface area contributed by atoms with E-state index in [0.717, 1.165) is 22.5 Å². The van der Waals surface area contributed by atoms with Gasteiger partial charge in [-0.2, -0.15) is 4.73 Å². The summed E-state index contributed by atoms with van der Waals surface area (Å²) < 4.78 is 25.0. The molecule has 1 aromatic carbocycles. The van der Waals surface area contributed by atoms with Gasteiger partial charge in [-0.25, -0.2) is 4.39 Å². The monoisotopic (exact) mass is 322 g/mol. The quantitative estimate of drug-likeness (QED) is 0.810. The van der Waals surface area contributed by atoms with Gasteiger partial charge in [0, 0.05) is 19.8 Å². The third-order valence-corrected chi connectivity index (χ3v) is 3.74. The third kappa shape index (κ3) is 3.72. The lowest BCUT2D eigenvalue weighted by Crippen LogP contribution is -2.31. The molecule has 1 aromatic heterocycles. The number of alkyl halides is 1. The van der Waals surface area contributed by atoms with E-state index >= 15 is 0 Å². The molecule has 0 saturated heterocycles. The van der Waals surface area contributed by atoms with Crippen molar-refractivity contribution in [2.75, 3.05) is 28.0 Å². The zero-order valence-corrected chi connectivity index (χ0v) is 13.7. The Balaban J connectivity index is 2.29. The topological polar surface area (TPSA) is 58.6 Å². The maximum Gasteiger partial charge on any atom is 0.107 e. The lowest BCUT2D eigenvalue weighted by Gasteiger charge is -2.21. The first-order valence-corrected chi connectivity index (χ1v) is 7.35. The van der Waals surface area contributed by atoms with Gasteiger partial charge >= 0.3 is 0 Å². The van der Waals surface area contributed by atoms with Gasteiger partial charge < -0.3 is 20.0 Å². The van der Waals surface area contributed by atoms with Crippen LogP contribution in [0.1, 0.15) is 17.4 Å². The number of rotatable bonds is 8. The summed E-state index contributed by atoms with van der Waals surface area (Å²) in [5, 5.41) is 0. The molecule has 0 fully saturated rings. The zero-order valence-electron chi connectivity index (χ0n) is 13.7. The molecule has 0 spiro atoms. The molecule has 2 N–H and O–H groups in total. The number of ether oxygens (including phenoxy) is 2. The van der Waals surface area contributed by atoms with Crippen LogP contribution >= 0.6 is 0 Å². The van der Waals surface area contributed by atoms with Crippen molar-refractivity contribution in [3.8, 4) is 11.3 Å². The van der Waals surface area contributed by atoms with Crippen molar-refractivity contribution >= 4 is 0 Å². The summed E-state index contributed by atoms with van der Waals surface area (Å²) in [6.07, 6.45) is -0.465. The Hall–Kier alpha value is -1.89. The minimum absolute atomic E-state index is 0.461. The number of benzene rings is 1. The van der Waals surface area contributed by atoms with Gasteiger partial charge in [-0.3, -0.25) is 0 Å². The Labute approximate surface area is 135 Å². The second-order valence-electron chi connectivity index (χ2n) is 5.22. The average molecular weight is 322 g/mol. The summed E-state index contributed by atoms with van der Waals surface area (Å²) in [5.41, 5.74) is 9.40. The molecule has 0 bridgehead atoms. The fraction of sp³-hybridized carbons (Fsp3) is 0.412. The fourth-order valence-electron chi connectivity index (χ4n) is 2.63. The van der Waals surface area contributed by atoms with Crippen LogP contribution in [0.4, 0.5) is 4.39 Å². The van der Waals surface area contributed by atoms with Crippen molar-refractivity contribution in [3.63, 3.8) is 0 Å². The summed E-state index contributed by atoms with van der Waals surface area (Å²) >= 11 is 0. The molecule has 0 amide bonds. The number of hydrogen-bond donors (Lipinski definition) is 1. The van der Waals surface area contributed by atoms with Gasteiger partial charge in [-0.05, 0) is 17.7 Å². The van der Waals surface area contributed by atoms with Crippen LogP contribution in [0.3, 0.4) is 0 Å². The van der Waals surface area contributed by atoms with E-state index in [1.165, 1.54) is 7.11 Å². The van der Waals surface area contributed by atoms with Gasteiger partial charge in [0.1, 0.15) is 13.8 Å². The lowest BCUT2D eigenvalue weighted by molar-refractivity contribution is 0.0721. The van der Waals surface area contributed by atoms with Crippen LogP contribution in [0.25, 0.3) is 11.3 Å². The molecule has 1 heterocycles. The summed E-state index contributed by atoms with van der Waals surface area (Å²) in [4.78, 5) is 5.42. The number of methoxy groups -OCH3 is 2. The van der Waals surface area contributed by atoms with E-state index < -0.39 is 18.8 Å². The minimum atomic E-state index is -0.679. The molecule has 0 aliphatic heterocycles. The molecule has 6 heteroatoms. The Kier molecular flexibility index (Phi) is 6.15. The molecular formula is C17H23FN2O3. The smallest absolute Gasteiger partial charge is 0.107 e. The first kappa shape index (κ1) is 17.5. The summed E-state index contributed by atoms with van der Waals surface area (Å²) in [7, 11) is 4.78. The first-order chi connectivity index (χ1) is 11.2. The first-order valence-electron chi connectivity index (χ1n) is 7.35. The van der Waals surface area contributed by atoms with Gasteiger partial charge in [0.15, 0.2) is 0 Å². The van der Waals surface area contributed by atoms with Crippen molar-refractivity contribution in [1.29, 1.82) is 0 Å². The van der Waals surface area contributed by atoms with E-state index in [-0.39, 0.29) is 0 Å². The van der Waals surface area contributed by atoms with Crippen LogP contribution in [-0.4, -0.2) is 38.8 Å². The second-order valence-corrected chi connectivity index (χ2v) is 5.22. The van der Waals surface area contributed by atoms with Crippen molar-refractivity contribution < 1.29 is 18.7 Å². The Morgan fingerprint density at radius 1 is 1.09 bits per heavy atom. The number of nitrogens with zero attached hydrogens (tertiary/aromatic N) is 1. The lowest BCUT2D eigenvalue weighted by atomic mass is 10.0. The van der Waals surface area contributed by atoms with Gasteiger partial charge in [0.2, 0.25) is 0 Å². The highest BCUT2D eigenvalue weighted by atomic mass is 19.1. The highest BCUT2D eigenvalue weighted by molar-refractivity contribution is 5.61. The standard InChI is InChI=1S/C17H23FN2O3/c1-21-11-14-8-9-16(20(14)23-3)12-4-6-13(7-5-12)17(22-2)15(19)10-18/h4-9,15,17H,10-11,19H2,1-3H3. The molecule has 2 atom stereocenters. The summed E-state index contributed by atoms with van der Waals surface area (Å²) in [6.45, 7) is -0.170. The van der Waals surface area contributed by atoms with Gasteiger partial charge in [0.05, 0.1) is 30.1 Å². The zero-order chi connectivity index (χ0) is 16.8. The van der Waals surface area contributed by atoms with Gasteiger partial charge in [0.25, 0.3) is 0 Å². The summed E-state index contributed by atoms with van der Waals surface area (Å²) in [5.74, 6) is 0. The van der Waals surface area contributed by atoms with Crippen LogP contribution < -0.4 is 10.6 Å². The minimum Gasteiger partial charge on any atom is -0.417 e. The van der Waals surface area contributed by atoms with Crippen molar-refractivity contribution in [3.05, 3.63) is 47.7 Å². The SMILES string of the molecule is COCc1ccc(-c2ccc(C(OC)C(N)CF)cc2)n1OC. The Morgan fingerprint density at radius 3 is 2.30 bits per heavy atom. The van der Waals surface area contributed by atoms with E-state index in [4.69, 9.17) is 20.0 Å². The predicted octanol–water partition coefficient (Wildman–Crippen LogP) is 2.34. The van der Waals surface area contributed by atoms with Crippen LogP contribution in [-0.2, 0) is 16.1 Å². The normalized spacial score (nSPS) is 13.8. The number of halogens is 1. The maximum absolute atomic E-state index is 12.8. The van der Waals surface area contributed by atoms with Crippen LogP contribution in [0.2, 0.25) is 0 Å². The summed E-state index contributed by atoms with van der Waals surface area (Å²) in [6, 6.07) is 10.9. The van der Waals surface area contributed by atoms with Crippen LogP contribution in [0.15, 0.2) is 36.4 Å². The maximum atomic E-state index is 12.8. The van der Waals surface area contributed by atoms with Crippen LogP contribution in [0, 0.1) is 0 Å². The van der Waals surface area contributed by atoms with E-state index in [2.05, 4.69) is 0 Å². The molecule has 0 aliphatic rings. The predicted molar refractivity (Wildman–Crippen MR) is 86.8 cm³/mol. The van der Waals surface area contributed by atoms with Crippen LogP contribution in [0.5, 0.6) is 0 Å². The average Bonchev–Trinajstić information content (AvgIpc) is 2.99. The number of aromatic nitrogens is 1. The molecule has 2 aromatic rings. The number of hydrogen-bond acceptors (Lipinski definition) is 4. The molecule has 5 nitrogen and oxygen atoms in total. The largest absolute Gasteiger partial charge is 0.417 e. The highest BCUT2D eigenvalue weighted by Crippen LogP contribution is 2.26. The van der Waals surface area contributed by atoms with Crippen molar-refractivity contribution in [1.82, 2.24) is 4.73 Å². The highest BCUT2D eigenvalue weighted by Gasteiger charge is 2.19. The molecule has 0 radical (unpaired) electrons. The molecule has 23 heavy (non-hydrogen) atoms. The molecule has 126 valence electrons.